The van der Waals surface area contributed by atoms with Gasteiger partial charge >= 0.3 is 5.97 Å². The molecule has 0 fully saturated rings. The number of anilines is 1. The lowest BCUT2D eigenvalue weighted by Crippen LogP contribution is -2.10. The first-order valence-corrected chi connectivity index (χ1v) is 5.95. The number of esters is 1. The third kappa shape index (κ3) is 2.50. The molecule has 0 unspecified atom stereocenters. The molecule has 0 aliphatic carbocycles. The zero-order valence-electron chi connectivity index (χ0n) is 10.8. The molecule has 2 aromatic heterocycles. The molecule has 7 nitrogen and oxygen atoms in total. The number of carbonyl (C=O) groups is 1. The molecule has 0 saturated heterocycles. The van der Waals surface area contributed by atoms with E-state index >= 15 is 0 Å². The molecule has 7 heteroatoms. The Bertz CT molecular complexity index is 594. The Balaban J connectivity index is 2.55. The largest absolute Gasteiger partial charge is 0.462 e. The van der Waals surface area contributed by atoms with E-state index in [9.17, 15) is 4.79 Å². The van der Waals surface area contributed by atoms with Gasteiger partial charge in [-0.2, -0.15) is 0 Å². The van der Waals surface area contributed by atoms with Gasteiger partial charge in [0.25, 0.3) is 0 Å². The Labute approximate surface area is 109 Å². The number of aliphatic hydroxyl groups is 1. The van der Waals surface area contributed by atoms with Gasteiger partial charge in [0.2, 0.25) is 5.71 Å². The fourth-order valence-electron chi connectivity index (χ4n) is 1.80. The van der Waals surface area contributed by atoms with Crippen LogP contribution in [0.15, 0.2) is 10.7 Å². The van der Waals surface area contributed by atoms with Crippen LogP contribution >= 0.6 is 0 Å². The molecule has 0 atom stereocenters. The summed E-state index contributed by atoms with van der Waals surface area (Å²) in [6.07, 6.45) is 1.33. The minimum atomic E-state index is -0.472. The zero-order valence-corrected chi connectivity index (χ0v) is 10.8. The standard InChI is InChI=1S/C12H15N3O4/c1-3-18-12(17)8-7(2)19-11-9(8)10(13-4-5-16)14-6-15-11/h6,16H,3-5H2,1-2H3,(H,13,14,15). The predicted molar refractivity (Wildman–Crippen MR) is 68.1 cm³/mol. The number of carbonyl (C=O) groups excluding carboxylic acids is 1. The van der Waals surface area contributed by atoms with Crippen LogP contribution in [0.4, 0.5) is 5.82 Å². The van der Waals surface area contributed by atoms with Gasteiger partial charge in [-0.25, -0.2) is 14.8 Å². The number of aromatic nitrogens is 2. The number of rotatable bonds is 5. The van der Waals surface area contributed by atoms with Crippen molar-refractivity contribution in [3.8, 4) is 0 Å². The second-order valence-electron chi connectivity index (χ2n) is 3.81. The summed E-state index contributed by atoms with van der Waals surface area (Å²) in [4.78, 5) is 20.0. The van der Waals surface area contributed by atoms with Crippen LogP contribution in [0.2, 0.25) is 0 Å². The van der Waals surface area contributed by atoms with Gasteiger partial charge in [-0.3, -0.25) is 0 Å². The van der Waals surface area contributed by atoms with Crippen LogP contribution < -0.4 is 5.32 Å². The van der Waals surface area contributed by atoms with Crippen molar-refractivity contribution in [3.63, 3.8) is 0 Å². The lowest BCUT2D eigenvalue weighted by molar-refractivity contribution is 0.0526. The summed E-state index contributed by atoms with van der Waals surface area (Å²) in [7, 11) is 0. The van der Waals surface area contributed by atoms with Crippen molar-refractivity contribution in [1.82, 2.24) is 9.97 Å². The molecule has 2 aromatic rings. The molecular weight excluding hydrogens is 250 g/mol. The number of aliphatic hydroxyl groups excluding tert-OH is 1. The molecule has 0 radical (unpaired) electrons. The summed E-state index contributed by atoms with van der Waals surface area (Å²) in [6, 6.07) is 0. The van der Waals surface area contributed by atoms with Crippen molar-refractivity contribution in [1.29, 1.82) is 0 Å². The minimum Gasteiger partial charge on any atom is -0.462 e. The molecule has 2 N–H and O–H groups in total. The van der Waals surface area contributed by atoms with Gasteiger partial charge in [0, 0.05) is 6.54 Å². The van der Waals surface area contributed by atoms with Crippen LogP contribution in [-0.2, 0) is 4.74 Å². The highest BCUT2D eigenvalue weighted by Crippen LogP contribution is 2.29. The van der Waals surface area contributed by atoms with Crippen molar-refractivity contribution in [3.05, 3.63) is 17.7 Å². The number of ether oxygens (including phenoxy) is 1. The molecule has 102 valence electrons. The number of aryl methyl sites for hydroxylation is 1. The van der Waals surface area contributed by atoms with E-state index in [4.69, 9.17) is 14.3 Å². The topological polar surface area (TPSA) is 97.5 Å². The summed E-state index contributed by atoms with van der Waals surface area (Å²) in [5.41, 5.74) is 0.633. The average molecular weight is 265 g/mol. The lowest BCUT2D eigenvalue weighted by Gasteiger charge is -2.05. The van der Waals surface area contributed by atoms with Crippen LogP contribution in [0, 0.1) is 6.92 Å². The summed E-state index contributed by atoms with van der Waals surface area (Å²) >= 11 is 0. The van der Waals surface area contributed by atoms with Crippen LogP contribution in [0.5, 0.6) is 0 Å². The van der Waals surface area contributed by atoms with Gasteiger partial charge in [0.15, 0.2) is 0 Å². The number of nitrogens with zero attached hydrogens (tertiary/aromatic N) is 2. The summed E-state index contributed by atoms with van der Waals surface area (Å²) in [6.45, 7) is 3.95. The molecule has 0 spiro atoms. The van der Waals surface area contributed by atoms with E-state index in [1.54, 1.807) is 13.8 Å². The number of furan rings is 1. The van der Waals surface area contributed by atoms with Gasteiger partial charge in [0.05, 0.1) is 18.6 Å². The van der Waals surface area contributed by atoms with Gasteiger partial charge in [-0.05, 0) is 13.8 Å². The first-order valence-electron chi connectivity index (χ1n) is 5.95. The molecule has 0 saturated carbocycles. The summed E-state index contributed by atoms with van der Waals surface area (Å²) in [5, 5.41) is 12.2. The van der Waals surface area contributed by atoms with Gasteiger partial charge in [-0.15, -0.1) is 0 Å². The fraction of sp³-hybridized carbons (Fsp3) is 0.417. The fourth-order valence-corrected chi connectivity index (χ4v) is 1.80. The first kappa shape index (κ1) is 13.3. The minimum absolute atomic E-state index is 0.0446. The summed E-state index contributed by atoms with van der Waals surface area (Å²) in [5.74, 6) is 0.403. The monoisotopic (exact) mass is 265 g/mol. The lowest BCUT2D eigenvalue weighted by atomic mass is 10.2. The van der Waals surface area contributed by atoms with Gasteiger partial charge < -0.3 is 19.6 Å². The first-order chi connectivity index (χ1) is 9.19. The van der Waals surface area contributed by atoms with Crippen LogP contribution in [0.25, 0.3) is 11.1 Å². The Morgan fingerprint density at radius 2 is 2.32 bits per heavy atom. The zero-order chi connectivity index (χ0) is 13.8. The van der Waals surface area contributed by atoms with E-state index in [0.717, 1.165) is 0 Å². The highest BCUT2D eigenvalue weighted by atomic mass is 16.5. The summed E-state index contributed by atoms with van der Waals surface area (Å²) < 4.78 is 10.4. The quantitative estimate of drug-likeness (QED) is 0.781. The third-order valence-corrected chi connectivity index (χ3v) is 2.55. The second-order valence-corrected chi connectivity index (χ2v) is 3.81. The molecular formula is C12H15N3O4. The SMILES string of the molecule is CCOC(=O)c1c(C)oc2ncnc(NCCO)c12. The van der Waals surface area contributed by atoms with Crippen molar-refractivity contribution >= 4 is 22.9 Å². The highest BCUT2D eigenvalue weighted by Gasteiger charge is 2.23. The Morgan fingerprint density at radius 3 is 3.00 bits per heavy atom. The Kier molecular flexibility index (Phi) is 3.96. The molecule has 2 rings (SSSR count). The van der Waals surface area contributed by atoms with Crippen molar-refractivity contribution < 1.29 is 19.1 Å². The highest BCUT2D eigenvalue weighted by molar-refractivity contribution is 6.07. The Hall–Kier alpha value is -2.15. The number of hydrogen-bond acceptors (Lipinski definition) is 7. The average Bonchev–Trinajstić information content (AvgIpc) is 2.73. The molecule has 0 aliphatic rings. The van der Waals surface area contributed by atoms with Crippen molar-refractivity contribution in [2.45, 2.75) is 13.8 Å². The number of hydrogen-bond donors (Lipinski definition) is 2. The van der Waals surface area contributed by atoms with Crippen molar-refractivity contribution in [2.75, 3.05) is 25.1 Å². The van der Waals surface area contributed by atoms with Crippen molar-refractivity contribution in [2.24, 2.45) is 0 Å². The van der Waals surface area contributed by atoms with E-state index in [0.29, 0.717) is 34.8 Å². The smallest absolute Gasteiger partial charge is 0.342 e. The van der Waals surface area contributed by atoms with E-state index in [1.807, 2.05) is 0 Å². The Morgan fingerprint density at radius 1 is 1.53 bits per heavy atom. The maximum absolute atomic E-state index is 12.0. The van der Waals surface area contributed by atoms with Gasteiger partial charge in [0.1, 0.15) is 23.5 Å². The van der Waals surface area contributed by atoms with E-state index < -0.39 is 5.97 Å². The maximum atomic E-state index is 12.0. The van der Waals surface area contributed by atoms with Crippen LogP contribution in [0.3, 0.4) is 0 Å². The number of fused-ring (bicyclic) bond motifs is 1. The predicted octanol–water partition coefficient (Wildman–Crippen LogP) is 1.11. The molecule has 0 aliphatic heterocycles. The van der Waals surface area contributed by atoms with Crippen LogP contribution in [-0.4, -0.2) is 40.8 Å². The van der Waals surface area contributed by atoms with Crippen LogP contribution in [0.1, 0.15) is 23.0 Å². The second kappa shape index (κ2) is 5.66. The van der Waals surface area contributed by atoms with Gasteiger partial charge in [-0.1, -0.05) is 0 Å². The molecule has 19 heavy (non-hydrogen) atoms. The normalized spacial score (nSPS) is 10.7. The van der Waals surface area contributed by atoms with E-state index in [-0.39, 0.29) is 13.2 Å². The maximum Gasteiger partial charge on any atom is 0.342 e. The number of nitrogens with one attached hydrogen (secondary N) is 1. The third-order valence-electron chi connectivity index (χ3n) is 2.55. The van der Waals surface area contributed by atoms with E-state index in [1.165, 1.54) is 6.33 Å². The molecule has 0 aromatic carbocycles. The molecule has 0 bridgehead atoms. The van der Waals surface area contributed by atoms with E-state index in [2.05, 4.69) is 15.3 Å². The molecule has 0 amide bonds. The molecule has 2 heterocycles.